The lowest BCUT2D eigenvalue weighted by Crippen LogP contribution is -2.32. The summed E-state index contributed by atoms with van der Waals surface area (Å²) in [6, 6.07) is 11.9. The lowest BCUT2D eigenvalue weighted by atomic mass is 10.2. The molecular formula is C18H20F2N2O3S. The lowest BCUT2D eigenvalue weighted by molar-refractivity contribution is -0.118. The van der Waals surface area contributed by atoms with Gasteiger partial charge in [-0.2, -0.15) is 0 Å². The topological polar surface area (TPSA) is 57.7 Å². The molecule has 140 valence electrons. The Kier molecular flexibility index (Phi) is 6.31. The number of nitrogens with zero attached hydrogens (tertiary/aromatic N) is 2. The van der Waals surface area contributed by atoms with E-state index in [4.69, 9.17) is 0 Å². The molecule has 0 unspecified atom stereocenters. The van der Waals surface area contributed by atoms with E-state index in [1.807, 2.05) is 18.2 Å². The molecular weight excluding hydrogens is 362 g/mol. The zero-order chi connectivity index (χ0) is 19.3. The highest BCUT2D eigenvalue weighted by atomic mass is 32.2. The summed E-state index contributed by atoms with van der Waals surface area (Å²) >= 11 is 0. The molecule has 0 heterocycles. The molecule has 5 nitrogen and oxygen atoms in total. The van der Waals surface area contributed by atoms with Crippen LogP contribution in [0, 0.1) is 11.6 Å². The van der Waals surface area contributed by atoms with E-state index in [0.717, 1.165) is 28.4 Å². The molecule has 0 saturated carbocycles. The molecule has 0 atom stereocenters. The van der Waals surface area contributed by atoms with Crippen LogP contribution in [0.15, 0.2) is 48.5 Å². The molecule has 2 rings (SSSR count). The van der Waals surface area contributed by atoms with Gasteiger partial charge in [0, 0.05) is 31.8 Å². The number of carbonyl (C=O) groups is 1. The fourth-order valence-corrected chi connectivity index (χ4v) is 3.42. The number of sulfonamides is 1. The Morgan fingerprint density at radius 3 is 2.23 bits per heavy atom. The normalized spacial score (nSPS) is 11.2. The summed E-state index contributed by atoms with van der Waals surface area (Å²) in [5.74, 6) is -2.35. The minimum Gasteiger partial charge on any atom is -0.316 e. The maximum absolute atomic E-state index is 13.4. The Bertz CT molecular complexity index is 873. The number of para-hydroxylation sites is 1. The van der Waals surface area contributed by atoms with Crippen molar-refractivity contribution in [1.29, 1.82) is 0 Å². The number of carbonyl (C=O) groups excluding carboxylic acids is 1. The molecule has 0 aliphatic rings. The second kappa shape index (κ2) is 8.27. The van der Waals surface area contributed by atoms with Gasteiger partial charge < -0.3 is 4.90 Å². The molecule has 2 aromatic carbocycles. The fourth-order valence-electron chi connectivity index (χ4n) is 2.46. The van der Waals surface area contributed by atoms with E-state index in [1.54, 1.807) is 19.2 Å². The third-order valence-corrected chi connectivity index (χ3v) is 5.05. The summed E-state index contributed by atoms with van der Waals surface area (Å²) in [6.45, 7) is -0.0156. The standard InChI is InChI=1S/C18H20F2N2O3S/c1-21(14-7-4-3-5-8-14)18(23)9-6-12-22(26(2,24)25)15-10-11-16(19)17(20)13-15/h3-5,7-8,10-11,13H,6,9,12H2,1-2H3. The number of halogens is 2. The van der Waals surface area contributed by atoms with E-state index in [1.165, 1.54) is 11.0 Å². The number of anilines is 2. The summed E-state index contributed by atoms with van der Waals surface area (Å²) in [4.78, 5) is 13.7. The van der Waals surface area contributed by atoms with Crippen LogP contribution in [-0.2, 0) is 14.8 Å². The molecule has 0 aromatic heterocycles. The Balaban J connectivity index is 2.04. The zero-order valence-corrected chi connectivity index (χ0v) is 15.3. The van der Waals surface area contributed by atoms with E-state index in [-0.39, 0.29) is 31.0 Å². The third kappa shape index (κ3) is 5.01. The van der Waals surface area contributed by atoms with Gasteiger partial charge in [0.25, 0.3) is 0 Å². The number of hydrogen-bond donors (Lipinski definition) is 0. The third-order valence-electron chi connectivity index (χ3n) is 3.86. The van der Waals surface area contributed by atoms with Crippen LogP contribution in [0.1, 0.15) is 12.8 Å². The first-order valence-corrected chi connectivity index (χ1v) is 9.79. The van der Waals surface area contributed by atoms with Gasteiger partial charge in [0.1, 0.15) is 0 Å². The van der Waals surface area contributed by atoms with Crippen LogP contribution in [0.25, 0.3) is 0 Å². The first-order valence-electron chi connectivity index (χ1n) is 7.94. The smallest absolute Gasteiger partial charge is 0.232 e. The highest BCUT2D eigenvalue weighted by Crippen LogP contribution is 2.21. The van der Waals surface area contributed by atoms with Crippen LogP contribution in [0.4, 0.5) is 20.2 Å². The molecule has 2 aromatic rings. The number of rotatable bonds is 7. The first kappa shape index (κ1) is 19.8. The zero-order valence-electron chi connectivity index (χ0n) is 14.5. The quantitative estimate of drug-likeness (QED) is 0.739. The predicted molar refractivity (Wildman–Crippen MR) is 97.6 cm³/mol. The van der Waals surface area contributed by atoms with E-state index >= 15 is 0 Å². The van der Waals surface area contributed by atoms with Crippen molar-refractivity contribution in [2.45, 2.75) is 12.8 Å². The molecule has 0 N–H and O–H groups in total. The van der Waals surface area contributed by atoms with Crippen LogP contribution >= 0.6 is 0 Å². The van der Waals surface area contributed by atoms with Gasteiger partial charge in [-0.05, 0) is 30.7 Å². The second-order valence-corrected chi connectivity index (χ2v) is 7.73. The van der Waals surface area contributed by atoms with Crippen molar-refractivity contribution >= 4 is 27.3 Å². The summed E-state index contributed by atoms with van der Waals surface area (Å²) in [6.07, 6.45) is 1.33. The van der Waals surface area contributed by atoms with Crippen LogP contribution in [0.2, 0.25) is 0 Å². The van der Waals surface area contributed by atoms with Crippen molar-refractivity contribution in [3.63, 3.8) is 0 Å². The second-order valence-electron chi connectivity index (χ2n) is 5.83. The molecule has 0 fully saturated rings. The summed E-state index contributed by atoms with van der Waals surface area (Å²) in [7, 11) is -2.06. The van der Waals surface area contributed by atoms with Crippen molar-refractivity contribution in [3.05, 3.63) is 60.2 Å². The van der Waals surface area contributed by atoms with Crippen LogP contribution in [0.3, 0.4) is 0 Å². The van der Waals surface area contributed by atoms with Gasteiger partial charge in [0.2, 0.25) is 15.9 Å². The van der Waals surface area contributed by atoms with Gasteiger partial charge in [0.15, 0.2) is 11.6 Å². The Morgan fingerprint density at radius 1 is 1.00 bits per heavy atom. The summed E-state index contributed by atoms with van der Waals surface area (Å²) < 4.78 is 51.4. The molecule has 0 saturated heterocycles. The molecule has 0 radical (unpaired) electrons. The predicted octanol–water partition coefficient (Wildman–Crippen LogP) is 3.17. The average molecular weight is 382 g/mol. The van der Waals surface area contributed by atoms with Crippen molar-refractivity contribution < 1.29 is 22.0 Å². The number of amides is 1. The lowest BCUT2D eigenvalue weighted by Gasteiger charge is -2.23. The van der Waals surface area contributed by atoms with Crippen LogP contribution in [0.5, 0.6) is 0 Å². The maximum atomic E-state index is 13.4. The maximum Gasteiger partial charge on any atom is 0.232 e. The largest absolute Gasteiger partial charge is 0.316 e. The van der Waals surface area contributed by atoms with Gasteiger partial charge >= 0.3 is 0 Å². The first-order chi connectivity index (χ1) is 12.2. The fraction of sp³-hybridized carbons (Fsp3) is 0.278. The SMILES string of the molecule is CN(C(=O)CCCN(c1ccc(F)c(F)c1)S(C)(=O)=O)c1ccccc1. The van der Waals surface area contributed by atoms with E-state index in [0.29, 0.717) is 0 Å². The molecule has 0 bridgehead atoms. The van der Waals surface area contributed by atoms with Gasteiger partial charge in [-0.1, -0.05) is 18.2 Å². The van der Waals surface area contributed by atoms with E-state index < -0.39 is 21.7 Å². The molecule has 8 heteroatoms. The van der Waals surface area contributed by atoms with Gasteiger partial charge in [-0.15, -0.1) is 0 Å². The molecule has 0 aliphatic heterocycles. The van der Waals surface area contributed by atoms with E-state index in [9.17, 15) is 22.0 Å². The molecule has 0 spiro atoms. The molecule has 0 aliphatic carbocycles. The van der Waals surface area contributed by atoms with Crippen LogP contribution in [-0.4, -0.2) is 34.2 Å². The van der Waals surface area contributed by atoms with Crippen molar-refractivity contribution in [2.75, 3.05) is 29.1 Å². The number of benzene rings is 2. The highest BCUT2D eigenvalue weighted by Gasteiger charge is 2.20. The van der Waals surface area contributed by atoms with Crippen LogP contribution < -0.4 is 9.21 Å². The van der Waals surface area contributed by atoms with Gasteiger partial charge in [0.05, 0.1) is 11.9 Å². The molecule has 26 heavy (non-hydrogen) atoms. The van der Waals surface area contributed by atoms with Crippen molar-refractivity contribution in [1.82, 2.24) is 0 Å². The monoisotopic (exact) mass is 382 g/mol. The Morgan fingerprint density at radius 2 is 1.65 bits per heavy atom. The summed E-state index contributed by atoms with van der Waals surface area (Å²) in [5, 5.41) is 0. The van der Waals surface area contributed by atoms with Gasteiger partial charge in [-0.3, -0.25) is 9.10 Å². The van der Waals surface area contributed by atoms with Crippen molar-refractivity contribution in [3.8, 4) is 0 Å². The summed E-state index contributed by atoms with van der Waals surface area (Å²) in [5.41, 5.74) is 0.758. The van der Waals surface area contributed by atoms with E-state index in [2.05, 4.69) is 0 Å². The highest BCUT2D eigenvalue weighted by molar-refractivity contribution is 7.92. The van der Waals surface area contributed by atoms with Crippen molar-refractivity contribution in [2.24, 2.45) is 0 Å². The minimum absolute atomic E-state index is 0.0156. The Labute approximate surface area is 151 Å². The Hall–Kier alpha value is -2.48. The number of hydrogen-bond acceptors (Lipinski definition) is 3. The molecule has 1 amide bonds. The average Bonchev–Trinajstić information content (AvgIpc) is 2.60. The van der Waals surface area contributed by atoms with Gasteiger partial charge in [-0.25, -0.2) is 17.2 Å². The minimum atomic E-state index is -3.70.